The minimum atomic E-state index is -0.659. The second-order valence-electron chi connectivity index (χ2n) is 2.91. The number of esters is 2. The third kappa shape index (κ3) is 1.40. The maximum Gasteiger partial charge on any atom is 0.347 e. The van der Waals surface area contributed by atoms with Crippen LogP contribution in [-0.2, 0) is 4.74 Å². The van der Waals surface area contributed by atoms with Gasteiger partial charge in [-0.15, -0.1) is 0 Å². The average molecular weight is 199 g/mol. The molecular formula is C11H5NO3. The number of fused-ring (bicyclic) bond motifs is 1. The zero-order chi connectivity index (χ0) is 10.8. The summed E-state index contributed by atoms with van der Waals surface area (Å²) in [4.78, 5) is 22.5. The van der Waals surface area contributed by atoms with Crippen LogP contribution in [-0.4, -0.2) is 11.9 Å². The Morgan fingerprint density at radius 1 is 1.27 bits per heavy atom. The maximum absolute atomic E-state index is 11.3. The lowest BCUT2D eigenvalue weighted by Gasteiger charge is -1.96. The van der Waals surface area contributed by atoms with Crippen LogP contribution in [0.25, 0.3) is 6.08 Å². The molecule has 0 fully saturated rings. The molecule has 1 aliphatic heterocycles. The van der Waals surface area contributed by atoms with Gasteiger partial charge in [-0.2, -0.15) is 5.26 Å². The zero-order valence-corrected chi connectivity index (χ0v) is 7.56. The second kappa shape index (κ2) is 3.39. The first-order valence-electron chi connectivity index (χ1n) is 4.19. The van der Waals surface area contributed by atoms with Crippen molar-refractivity contribution >= 4 is 18.0 Å². The van der Waals surface area contributed by atoms with Crippen LogP contribution in [0.3, 0.4) is 0 Å². The van der Waals surface area contributed by atoms with E-state index in [-0.39, 0.29) is 11.1 Å². The van der Waals surface area contributed by atoms with Crippen LogP contribution in [0, 0.1) is 11.3 Å². The lowest BCUT2D eigenvalue weighted by atomic mass is 10.0. The third-order valence-electron chi connectivity index (χ3n) is 2.04. The van der Waals surface area contributed by atoms with Crippen molar-refractivity contribution in [3.63, 3.8) is 0 Å². The number of hydrogen-bond donors (Lipinski definition) is 0. The Labute approximate surface area is 85.4 Å². The molecule has 0 aliphatic carbocycles. The molecule has 4 nitrogen and oxygen atoms in total. The molecule has 1 aromatic rings. The van der Waals surface area contributed by atoms with Crippen molar-refractivity contribution in [1.29, 1.82) is 5.26 Å². The van der Waals surface area contributed by atoms with Gasteiger partial charge in [0.05, 0.1) is 17.2 Å². The number of allylic oxidation sites excluding steroid dienone is 1. The Bertz CT molecular complexity index is 523. The predicted octanol–water partition coefficient (Wildman–Crippen LogP) is 1.53. The molecule has 0 atom stereocenters. The number of ether oxygens (including phenoxy) is 1. The third-order valence-corrected chi connectivity index (χ3v) is 2.04. The van der Waals surface area contributed by atoms with Gasteiger partial charge in [0.1, 0.15) is 0 Å². The number of rotatable bonds is 1. The predicted molar refractivity (Wildman–Crippen MR) is 50.8 cm³/mol. The van der Waals surface area contributed by atoms with Gasteiger partial charge in [-0.25, -0.2) is 9.59 Å². The molecule has 0 N–H and O–H groups in total. The smallest absolute Gasteiger partial charge is 0.347 e. The van der Waals surface area contributed by atoms with Gasteiger partial charge in [0.15, 0.2) is 0 Å². The van der Waals surface area contributed by atoms with E-state index in [0.717, 1.165) is 0 Å². The number of nitrogens with zero attached hydrogens (tertiary/aromatic N) is 1. The fourth-order valence-corrected chi connectivity index (χ4v) is 1.42. The Morgan fingerprint density at radius 3 is 2.80 bits per heavy atom. The molecule has 0 unspecified atom stereocenters. The van der Waals surface area contributed by atoms with Crippen LogP contribution < -0.4 is 0 Å². The molecule has 0 saturated heterocycles. The molecule has 0 radical (unpaired) electrons. The lowest BCUT2D eigenvalue weighted by Crippen LogP contribution is -1.98. The average Bonchev–Trinajstić information content (AvgIpc) is 2.53. The van der Waals surface area contributed by atoms with E-state index in [9.17, 15) is 9.59 Å². The van der Waals surface area contributed by atoms with Crippen molar-refractivity contribution < 1.29 is 14.3 Å². The summed E-state index contributed by atoms with van der Waals surface area (Å²) < 4.78 is 4.46. The van der Waals surface area contributed by atoms with Crippen LogP contribution in [0.4, 0.5) is 0 Å². The van der Waals surface area contributed by atoms with Gasteiger partial charge < -0.3 is 4.74 Å². The first-order valence-corrected chi connectivity index (χ1v) is 4.19. The minimum absolute atomic E-state index is 0.231. The van der Waals surface area contributed by atoms with Crippen molar-refractivity contribution in [3.8, 4) is 6.07 Å². The molecular weight excluding hydrogens is 194 g/mol. The summed E-state index contributed by atoms with van der Waals surface area (Å²) in [7, 11) is 0. The van der Waals surface area contributed by atoms with Gasteiger partial charge >= 0.3 is 11.9 Å². The molecule has 0 amide bonds. The van der Waals surface area contributed by atoms with Crippen molar-refractivity contribution in [3.05, 3.63) is 41.0 Å². The fourth-order valence-electron chi connectivity index (χ4n) is 1.42. The molecule has 1 heterocycles. The number of carbonyl (C=O) groups is 2. The molecule has 1 aliphatic rings. The highest BCUT2D eigenvalue weighted by atomic mass is 16.6. The Morgan fingerprint density at radius 2 is 2.07 bits per heavy atom. The monoisotopic (exact) mass is 199 g/mol. The molecule has 4 heteroatoms. The topological polar surface area (TPSA) is 67.2 Å². The van der Waals surface area contributed by atoms with Crippen LogP contribution in [0.1, 0.15) is 26.3 Å². The van der Waals surface area contributed by atoms with Crippen molar-refractivity contribution in [2.24, 2.45) is 0 Å². The first-order chi connectivity index (χ1) is 7.24. The Balaban J connectivity index is 2.61. The summed E-state index contributed by atoms with van der Waals surface area (Å²) in [5.41, 5.74) is 0.999. The highest BCUT2D eigenvalue weighted by Crippen LogP contribution is 2.24. The van der Waals surface area contributed by atoms with E-state index in [4.69, 9.17) is 5.26 Å². The van der Waals surface area contributed by atoms with Crippen molar-refractivity contribution in [2.45, 2.75) is 0 Å². The Kier molecular flexibility index (Phi) is 2.07. The normalized spacial score (nSPS) is 13.8. The summed E-state index contributed by atoms with van der Waals surface area (Å²) in [6.07, 6.45) is 2.71. The number of benzene rings is 1. The molecule has 2 rings (SSSR count). The standard InChI is InChI=1S/C11H5NO3/c12-6-2-4-7-3-1-5-8-9(7)11(14)15-10(8)13/h1-5H. The van der Waals surface area contributed by atoms with Crippen LogP contribution in [0.15, 0.2) is 24.3 Å². The number of nitriles is 1. The molecule has 15 heavy (non-hydrogen) atoms. The van der Waals surface area contributed by atoms with Crippen LogP contribution in [0.2, 0.25) is 0 Å². The van der Waals surface area contributed by atoms with Gasteiger partial charge in [0.25, 0.3) is 0 Å². The molecule has 0 spiro atoms. The van der Waals surface area contributed by atoms with E-state index in [1.165, 1.54) is 18.2 Å². The largest absolute Gasteiger partial charge is 0.386 e. The Hall–Kier alpha value is -2.41. The van der Waals surface area contributed by atoms with Crippen molar-refractivity contribution in [2.75, 3.05) is 0 Å². The van der Waals surface area contributed by atoms with E-state index in [1.54, 1.807) is 12.1 Å². The van der Waals surface area contributed by atoms with Gasteiger partial charge in [-0.3, -0.25) is 0 Å². The summed E-state index contributed by atoms with van der Waals surface area (Å²) in [5, 5.41) is 8.37. The molecule has 0 bridgehead atoms. The van der Waals surface area contributed by atoms with Crippen LogP contribution >= 0.6 is 0 Å². The molecule has 1 aromatic carbocycles. The number of hydrogen-bond acceptors (Lipinski definition) is 4. The summed E-state index contributed by atoms with van der Waals surface area (Å²) in [6.45, 7) is 0. The molecule has 72 valence electrons. The van der Waals surface area contributed by atoms with E-state index in [1.807, 2.05) is 6.07 Å². The minimum Gasteiger partial charge on any atom is -0.386 e. The summed E-state index contributed by atoms with van der Waals surface area (Å²) >= 11 is 0. The summed E-state index contributed by atoms with van der Waals surface area (Å²) in [6, 6.07) is 6.62. The van der Waals surface area contributed by atoms with E-state index < -0.39 is 11.9 Å². The van der Waals surface area contributed by atoms with Gasteiger partial charge in [0.2, 0.25) is 0 Å². The van der Waals surface area contributed by atoms with Gasteiger partial charge in [-0.1, -0.05) is 12.1 Å². The fraction of sp³-hybridized carbons (Fsp3) is 0. The van der Waals surface area contributed by atoms with Crippen LogP contribution in [0.5, 0.6) is 0 Å². The van der Waals surface area contributed by atoms with Gasteiger partial charge in [0, 0.05) is 6.08 Å². The highest BCUT2D eigenvalue weighted by Gasteiger charge is 2.31. The van der Waals surface area contributed by atoms with E-state index >= 15 is 0 Å². The number of cyclic esters (lactones) is 2. The van der Waals surface area contributed by atoms with E-state index in [0.29, 0.717) is 5.56 Å². The quantitative estimate of drug-likeness (QED) is 0.391. The SMILES string of the molecule is N#CC=Cc1cccc2c1C(=O)OC2=O. The first kappa shape index (κ1) is 9.16. The van der Waals surface area contributed by atoms with Crippen molar-refractivity contribution in [1.82, 2.24) is 0 Å². The molecule has 0 saturated carbocycles. The lowest BCUT2D eigenvalue weighted by molar-refractivity contribution is 0.0444. The second-order valence-corrected chi connectivity index (χ2v) is 2.91. The zero-order valence-electron chi connectivity index (χ0n) is 7.56. The van der Waals surface area contributed by atoms with E-state index in [2.05, 4.69) is 4.74 Å². The number of carbonyl (C=O) groups excluding carboxylic acids is 2. The molecule has 0 aromatic heterocycles. The summed E-state index contributed by atoms with van der Waals surface area (Å²) in [5.74, 6) is -1.30. The maximum atomic E-state index is 11.3. The highest BCUT2D eigenvalue weighted by molar-refractivity contribution is 6.16. The van der Waals surface area contributed by atoms with Gasteiger partial charge in [-0.05, 0) is 17.7 Å².